The highest BCUT2D eigenvalue weighted by molar-refractivity contribution is 5.41. The highest BCUT2D eigenvalue weighted by Gasteiger charge is 2.28. The van der Waals surface area contributed by atoms with Crippen LogP contribution in [-0.4, -0.2) is 0 Å². The molecule has 0 aliphatic rings. The number of hydrogen-bond donors (Lipinski definition) is 2. The summed E-state index contributed by atoms with van der Waals surface area (Å²) in [5.74, 6) is -1.09. The molecule has 0 fully saturated rings. The number of rotatable bonds is 1. The third kappa shape index (κ3) is 1.68. The van der Waals surface area contributed by atoms with E-state index < -0.39 is 17.4 Å². The zero-order valence-electron chi connectivity index (χ0n) is 6.02. The molecule has 0 aliphatic carbocycles. The van der Waals surface area contributed by atoms with Crippen LogP contribution in [0.5, 0.6) is 0 Å². The van der Waals surface area contributed by atoms with Crippen molar-refractivity contribution in [3.05, 3.63) is 29.6 Å². The Bertz CT molecular complexity index is 293. The highest BCUT2D eigenvalue weighted by Crippen LogP contribution is 2.25. The molecule has 12 heavy (non-hydrogen) atoms. The molecule has 0 bridgehead atoms. The molecule has 4 N–H and O–H groups in total. The van der Waals surface area contributed by atoms with Crippen molar-refractivity contribution in [2.75, 3.05) is 5.73 Å². The maximum absolute atomic E-state index is 12.7. The van der Waals surface area contributed by atoms with Gasteiger partial charge in [-0.1, -0.05) is 0 Å². The Morgan fingerprint density at radius 1 is 1.25 bits per heavy atom. The Morgan fingerprint density at radius 2 is 1.83 bits per heavy atom. The Labute approximate surface area is 67.0 Å². The van der Waals surface area contributed by atoms with Crippen molar-refractivity contribution < 1.29 is 13.2 Å². The molecule has 0 radical (unpaired) electrons. The molecule has 5 heteroatoms. The Balaban J connectivity index is 3.19. The van der Waals surface area contributed by atoms with Crippen LogP contribution in [0.3, 0.4) is 0 Å². The number of nitrogens with two attached hydrogens (primary N) is 2. The van der Waals surface area contributed by atoms with Crippen LogP contribution in [0.15, 0.2) is 18.2 Å². The van der Waals surface area contributed by atoms with Gasteiger partial charge in [0.25, 0.3) is 0 Å². The maximum Gasteiger partial charge on any atom is 0.329 e. The quantitative estimate of drug-likeness (QED) is 0.502. The average molecular weight is 176 g/mol. The fourth-order valence-electron chi connectivity index (χ4n) is 0.802. The summed E-state index contributed by atoms with van der Waals surface area (Å²) in [7, 11) is 0. The van der Waals surface area contributed by atoms with E-state index in [-0.39, 0.29) is 5.69 Å². The van der Waals surface area contributed by atoms with E-state index in [0.29, 0.717) is 0 Å². The topological polar surface area (TPSA) is 52.0 Å². The van der Waals surface area contributed by atoms with Crippen molar-refractivity contribution in [2.24, 2.45) is 5.73 Å². The molecule has 0 amide bonds. The fraction of sp³-hybridized carbons (Fsp3) is 0.143. The monoisotopic (exact) mass is 176 g/mol. The van der Waals surface area contributed by atoms with Crippen LogP contribution < -0.4 is 11.5 Å². The number of anilines is 1. The first-order valence-corrected chi connectivity index (χ1v) is 3.13. The van der Waals surface area contributed by atoms with Crippen molar-refractivity contribution in [3.63, 3.8) is 0 Å². The zero-order valence-corrected chi connectivity index (χ0v) is 6.02. The van der Waals surface area contributed by atoms with Gasteiger partial charge in [0.15, 0.2) is 0 Å². The largest absolute Gasteiger partial charge is 0.399 e. The summed E-state index contributed by atoms with van der Waals surface area (Å²) in [6, 6.07) is -0.822. The molecule has 1 aromatic rings. The molecule has 1 aromatic carbocycles. The van der Waals surface area contributed by atoms with Crippen molar-refractivity contribution in [1.82, 2.24) is 0 Å². The van der Waals surface area contributed by atoms with Gasteiger partial charge in [0.05, 0.1) is 5.56 Å². The minimum absolute atomic E-state index is 0.0838. The lowest BCUT2D eigenvalue weighted by Crippen LogP contribution is -2.26. The molecular formula is C7H7F3N2. The standard InChI is InChI=1S/C7H7F3N2/c8-6-3-4(11)1-2-5(6)7(9,10)12/h1-3H,11-12H2. The second-order valence-electron chi connectivity index (χ2n) is 2.36. The first-order chi connectivity index (χ1) is 5.41. The molecule has 66 valence electrons. The summed E-state index contributed by atoms with van der Waals surface area (Å²) in [5.41, 5.74) is 8.77. The van der Waals surface area contributed by atoms with E-state index in [1.165, 1.54) is 6.07 Å². The number of halogens is 3. The lowest BCUT2D eigenvalue weighted by Gasteiger charge is -2.10. The zero-order chi connectivity index (χ0) is 9.35. The molecule has 0 atom stereocenters. The highest BCUT2D eigenvalue weighted by atomic mass is 19.3. The Kier molecular flexibility index (Phi) is 1.97. The van der Waals surface area contributed by atoms with Gasteiger partial charge in [-0.25, -0.2) is 4.39 Å². The molecule has 0 saturated heterocycles. The summed E-state index contributed by atoms with van der Waals surface area (Å²) in [4.78, 5) is 0. The van der Waals surface area contributed by atoms with Crippen molar-refractivity contribution >= 4 is 5.69 Å². The van der Waals surface area contributed by atoms with E-state index in [9.17, 15) is 13.2 Å². The lowest BCUT2D eigenvalue weighted by atomic mass is 10.1. The smallest absolute Gasteiger partial charge is 0.329 e. The van der Waals surface area contributed by atoms with Gasteiger partial charge in [-0.2, -0.15) is 8.78 Å². The van der Waals surface area contributed by atoms with Crippen LogP contribution in [0.25, 0.3) is 0 Å². The lowest BCUT2D eigenvalue weighted by molar-refractivity contribution is -0.000551. The third-order valence-corrected chi connectivity index (χ3v) is 1.35. The van der Waals surface area contributed by atoms with E-state index in [1.807, 2.05) is 0 Å². The number of hydrogen-bond acceptors (Lipinski definition) is 2. The van der Waals surface area contributed by atoms with Gasteiger partial charge in [-0.15, -0.1) is 0 Å². The predicted molar refractivity (Wildman–Crippen MR) is 38.9 cm³/mol. The number of alkyl halides is 2. The minimum atomic E-state index is -3.65. The normalized spacial score (nSPS) is 11.7. The Morgan fingerprint density at radius 3 is 2.25 bits per heavy atom. The van der Waals surface area contributed by atoms with Gasteiger partial charge in [0.2, 0.25) is 0 Å². The second kappa shape index (κ2) is 2.67. The first-order valence-electron chi connectivity index (χ1n) is 3.13. The van der Waals surface area contributed by atoms with Gasteiger partial charge in [-0.05, 0) is 18.2 Å². The summed E-state index contributed by atoms with van der Waals surface area (Å²) in [6.07, 6.45) is 0. The molecule has 0 aliphatic heterocycles. The molecule has 2 nitrogen and oxygen atoms in total. The van der Waals surface area contributed by atoms with Crippen LogP contribution >= 0.6 is 0 Å². The van der Waals surface area contributed by atoms with Crippen LogP contribution in [0, 0.1) is 5.82 Å². The molecular weight excluding hydrogens is 169 g/mol. The molecule has 0 heterocycles. The molecule has 0 aromatic heterocycles. The summed E-state index contributed by atoms with van der Waals surface area (Å²) < 4.78 is 37.4. The molecule has 0 saturated carbocycles. The molecule has 0 unspecified atom stereocenters. The first kappa shape index (κ1) is 8.86. The molecule has 1 rings (SSSR count). The van der Waals surface area contributed by atoms with Gasteiger partial charge in [0, 0.05) is 5.69 Å². The van der Waals surface area contributed by atoms with Crippen molar-refractivity contribution in [2.45, 2.75) is 6.05 Å². The third-order valence-electron chi connectivity index (χ3n) is 1.35. The van der Waals surface area contributed by atoms with E-state index in [1.54, 1.807) is 0 Å². The van der Waals surface area contributed by atoms with Crippen LogP contribution in [0.4, 0.5) is 18.9 Å². The van der Waals surface area contributed by atoms with Crippen molar-refractivity contribution in [1.29, 1.82) is 0 Å². The maximum atomic E-state index is 12.7. The second-order valence-corrected chi connectivity index (χ2v) is 2.36. The van der Waals surface area contributed by atoms with Crippen LogP contribution in [0.1, 0.15) is 5.56 Å². The van der Waals surface area contributed by atoms with Crippen LogP contribution in [0.2, 0.25) is 0 Å². The van der Waals surface area contributed by atoms with Gasteiger partial charge >= 0.3 is 6.05 Å². The van der Waals surface area contributed by atoms with E-state index in [2.05, 4.69) is 5.73 Å². The Hall–Kier alpha value is -1.23. The SMILES string of the molecule is Nc1ccc(C(N)(F)F)c(F)c1. The van der Waals surface area contributed by atoms with Gasteiger partial charge in [0.1, 0.15) is 5.82 Å². The fourth-order valence-corrected chi connectivity index (χ4v) is 0.802. The van der Waals surface area contributed by atoms with E-state index in [4.69, 9.17) is 5.73 Å². The summed E-state index contributed by atoms with van der Waals surface area (Å²) in [5, 5.41) is 0. The van der Waals surface area contributed by atoms with E-state index in [0.717, 1.165) is 12.1 Å². The minimum Gasteiger partial charge on any atom is -0.399 e. The molecule has 0 spiro atoms. The van der Waals surface area contributed by atoms with Gasteiger partial charge in [-0.3, -0.25) is 5.73 Å². The number of nitrogen functional groups attached to an aromatic ring is 1. The summed E-state index contributed by atoms with van der Waals surface area (Å²) in [6.45, 7) is 0. The van der Waals surface area contributed by atoms with Crippen LogP contribution in [-0.2, 0) is 6.05 Å². The summed E-state index contributed by atoms with van der Waals surface area (Å²) >= 11 is 0. The van der Waals surface area contributed by atoms with Crippen molar-refractivity contribution in [3.8, 4) is 0 Å². The number of benzene rings is 1. The van der Waals surface area contributed by atoms with Gasteiger partial charge < -0.3 is 5.73 Å². The van der Waals surface area contributed by atoms with E-state index >= 15 is 0 Å². The average Bonchev–Trinajstić information content (AvgIpc) is 1.83. The predicted octanol–water partition coefficient (Wildman–Crippen LogP) is 1.42.